The Labute approximate surface area is 166 Å². The van der Waals surface area contributed by atoms with Crippen LogP contribution in [0.3, 0.4) is 0 Å². The molecule has 5 rings (SSSR count). The lowest BCUT2D eigenvalue weighted by Crippen LogP contribution is -2.50. The zero-order valence-electron chi connectivity index (χ0n) is 15.8. The maximum absolute atomic E-state index is 9.78. The van der Waals surface area contributed by atoms with E-state index >= 15 is 0 Å². The first kappa shape index (κ1) is 17.6. The summed E-state index contributed by atoms with van der Waals surface area (Å²) in [5, 5.41) is 13.8. The van der Waals surface area contributed by atoms with Crippen LogP contribution in [0.4, 0.5) is 0 Å². The molecule has 0 amide bonds. The highest BCUT2D eigenvalue weighted by Crippen LogP contribution is 2.51. The Hall–Kier alpha value is -2.46. The number of hydrogen-bond donors (Lipinski definition) is 2. The van der Waals surface area contributed by atoms with Crippen molar-refractivity contribution in [3.8, 4) is 0 Å². The van der Waals surface area contributed by atoms with Gasteiger partial charge in [-0.05, 0) is 29.5 Å². The summed E-state index contributed by atoms with van der Waals surface area (Å²) in [4.78, 5) is 0. The van der Waals surface area contributed by atoms with Gasteiger partial charge in [-0.3, -0.25) is 5.32 Å². The second kappa shape index (κ2) is 6.85. The number of ether oxygens (including phenoxy) is 1. The summed E-state index contributed by atoms with van der Waals surface area (Å²) in [6, 6.07) is 32.2. The van der Waals surface area contributed by atoms with Crippen LogP contribution in [-0.4, -0.2) is 29.5 Å². The van der Waals surface area contributed by atoms with Crippen LogP contribution in [0.1, 0.15) is 29.5 Å². The molecule has 1 heterocycles. The highest BCUT2D eigenvalue weighted by Gasteiger charge is 2.63. The molecule has 28 heavy (non-hydrogen) atoms. The molecule has 2 fully saturated rings. The van der Waals surface area contributed by atoms with Crippen LogP contribution in [-0.2, 0) is 10.3 Å². The minimum absolute atomic E-state index is 0.102. The van der Waals surface area contributed by atoms with Crippen molar-refractivity contribution in [1.82, 2.24) is 5.32 Å². The third-order valence-electron chi connectivity index (χ3n) is 6.31. The molecule has 3 nitrogen and oxygen atoms in total. The van der Waals surface area contributed by atoms with Crippen LogP contribution in [0.25, 0.3) is 0 Å². The van der Waals surface area contributed by atoms with E-state index in [1.807, 2.05) is 0 Å². The van der Waals surface area contributed by atoms with Crippen molar-refractivity contribution in [2.24, 2.45) is 0 Å². The Morgan fingerprint density at radius 2 is 1.29 bits per heavy atom. The molecule has 3 heteroatoms. The van der Waals surface area contributed by atoms with Gasteiger partial charge in [0.2, 0.25) is 0 Å². The summed E-state index contributed by atoms with van der Waals surface area (Å²) in [6.45, 7) is 0.102. The first-order valence-corrected chi connectivity index (χ1v) is 10.00. The Morgan fingerprint density at radius 3 is 1.68 bits per heavy atom. The summed E-state index contributed by atoms with van der Waals surface area (Å²) >= 11 is 0. The lowest BCUT2D eigenvalue weighted by Gasteiger charge is -2.40. The molecule has 0 aromatic heterocycles. The highest BCUT2D eigenvalue weighted by atomic mass is 16.6. The van der Waals surface area contributed by atoms with Crippen molar-refractivity contribution < 1.29 is 9.84 Å². The number of nitrogens with one attached hydrogen (secondary N) is 1. The molecule has 1 aliphatic heterocycles. The van der Waals surface area contributed by atoms with Gasteiger partial charge in [-0.1, -0.05) is 91.0 Å². The topological polar surface area (TPSA) is 44.8 Å². The molecule has 2 N–H and O–H groups in total. The molecule has 1 unspecified atom stereocenters. The largest absolute Gasteiger partial charge is 0.393 e. The summed E-state index contributed by atoms with van der Waals surface area (Å²) in [5.74, 6) is 0. The molecule has 3 aromatic carbocycles. The molecular formula is C25H25NO2. The van der Waals surface area contributed by atoms with Crippen LogP contribution in [0.15, 0.2) is 91.0 Å². The number of benzene rings is 3. The first-order valence-electron chi connectivity index (χ1n) is 10.00. The van der Waals surface area contributed by atoms with Crippen molar-refractivity contribution >= 4 is 0 Å². The number of fused-ring (bicyclic) bond motifs is 1. The van der Waals surface area contributed by atoms with Crippen LogP contribution < -0.4 is 5.32 Å². The van der Waals surface area contributed by atoms with E-state index in [4.69, 9.17) is 4.74 Å². The van der Waals surface area contributed by atoms with Crippen LogP contribution in [0, 0.1) is 0 Å². The number of aliphatic hydroxyl groups is 1. The lowest BCUT2D eigenvalue weighted by atomic mass is 9.76. The molecule has 1 aliphatic carbocycles. The fraction of sp³-hybridized carbons (Fsp3) is 0.280. The smallest absolute Gasteiger partial charge is 0.119 e. The molecular weight excluding hydrogens is 346 g/mol. The van der Waals surface area contributed by atoms with E-state index in [0.717, 1.165) is 12.8 Å². The molecule has 2 aliphatic rings. The summed E-state index contributed by atoms with van der Waals surface area (Å²) < 4.78 is 5.76. The summed E-state index contributed by atoms with van der Waals surface area (Å²) in [6.07, 6.45) is 1.94. The molecule has 0 bridgehead atoms. The van der Waals surface area contributed by atoms with Crippen molar-refractivity contribution in [1.29, 1.82) is 0 Å². The quantitative estimate of drug-likeness (QED) is 0.511. The SMILES string of the molecule is OC[C@@]12C[C@@H](NC(c3ccccc3)(c3ccccc3)c3ccccc3)CC1O2. The van der Waals surface area contributed by atoms with Gasteiger partial charge in [0.15, 0.2) is 0 Å². The van der Waals surface area contributed by atoms with Gasteiger partial charge in [0, 0.05) is 6.04 Å². The number of rotatable bonds is 6. The van der Waals surface area contributed by atoms with E-state index in [1.54, 1.807) is 0 Å². The van der Waals surface area contributed by atoms with E-state index in [1.165, 1.54) is 16.7 Å². The summed E-state index contributed by atoms with van der Waals surface area (Å²) in [5.41, 5.74) is 2.86. The Balaban J connectivity index is 1.65. The van der Waals surface area contributed by atoms with Gasteiger partial charge in [0.25, 0.3) is 0 Å². The van der Waals surface area contributed by atoms with Crippen molar-refractivity contribution in [2.45, 2.75) is 36.1 Å². The minimum Gasteiger partial charge on any atom is -0.393 e. The number of hydrogen-bond acceptors (Lipinski definition) is 3. The van der Waals surface area contributed by atoms with Gasteiger partial charge in [-0.15, -0.1) is 0 Å². The van der Waals surface area contributed by atoms with Gasteiger partial charge in [0.05, 0.1) is 18.2 Å². The van der Waals surface area contributed by atoms with Crippen LogP contribution in [0.5, 0.6) is 0 Å². The van der Waals surface area contributed by atoms with Crippen LogP contribution >= 0.6 is 0 Å². The fourth-order valence-electron chi connectivity index (χ4n) is 4.88. The van der Waals surface area contributed by atoms with Gasteiger partial charge in [0.1, 0.15) is 5.60 Å². The number of epoxide rings is 1. The van der Waals surface area contributed by atoms with E-state index in [9.17, 15) is 5.11 Å². The Kier molecular flexibility index (Phi) is 4.31. The van der Waals surface area contributed by atoms with Crippen molar-refractivity contribution in [3.63, 3.8) is 0 Å². The third kappa shape index (κ3) is 2.78. The minimum atomic E-state index is -0.456. The maximum atomic E-state index is 9.78. The van der Waals surface area contributed by atoms with Crippen LogP contribution in [0.2, 0.25) is 0 Å². The molecule has 142 valence electrons. The van der Waals surface area contributed by atoms with Gasteiger partial charge < -0.3 is 9.84 Å². The zero-order valence-corrected chi connectivity index (χ0v) is 15.8. The predicted octanol–water partition coefficient (Wildman–Crippen LogP) is 3.86. The number of aliphatic hydroxyl groups excluding tert-OH is 1. The van der Waals surface area contributed by atoms with Crippen molar-refractivity contribution in [3.05, 3.63) is 108 Å². The normalized spacial score (nSPS) is 26.0. The Bertz CT molecular complexity index is 828. The predicted molar refractivity (Wildman–Crippen MR) is 110 cm³/mol. The lowest BCUT2D eigenvalue weighted by molar-refractivity contribution is 0.140. The standard InChI is InChI=1S/C25H25NO2/c27-18-24-17-22(16-23(24)28-24)26-25(19-10-4-1-5-11-19,20-12-6-2-7-13-20)21-14-8-3-9-15-21/h1-15,22-23,26-27H,16-18H2/t22-,23?,24-/m0/s1. The zero-order chi connectivity index (χ0) is 19.0. The van der Waals surface area contributed by atoms with E-state index in [2.05, 4.69) is 96.3 Å². The highest BCUT2D eigenvalue weighted by molar-refractivity contribution is 5.49. The van der Waals surface area contributed by atoms with E-state index < -0.39 is 5.54 Å². The molecule has 1 saturated heterocycles. The molecule has 3 aromatic rings. The first-order chi connectivity index (χ1) is 13.8. The molecule has 0 radical (unpaired) electrons. The van der Waals surface area contributed by atoms with Gasteiger partial charge in [-0.25, -0.2) is 0 Å². The molecule has 0 spiro atoms. The van der Waals surface area contributed by atoms with Gasteiger partial charge in [-0.2, -0.15) is 0 Å². The summed E-state index contributed by atoms with van der Waals surface area (Å²) in [7, 11) is 0. The maximum Gasteiger partial charge on any atom is 0.119 e. The van der Waals surface area contributed by atoms with Gasteiger partial charge >= 0.3 is 0 Å². The molecule has 1 saturated carbocycles. The fourth-order valence-corrected chi connectivity index (χ4v) is 4.88. The average Bonchev–Trinajstić information content (AvgIpc) is 3.34. The second-order valence-corrected chi connectivity index (χ2v) is 7.96. The van der Waals surface area contributed by atoms with E-state index in [0.29, 0.717) is 0 Å². The van der Waals surface area contributed by atoms with E-state index in [-0.39, 0.29) is 24.4 Å². The second-order valence-electron chi connectivity index (χ2n) is 7.96. The molecule has 3 atom stereocenters. The van der Waals surface area contributed by atoms with Crippen molar-refractivity contribution in [2.75, 3.05) is 6.61 Å². The third-order valence-corrected chi connectivity index (χ3v) is 6.31. The monoisotopic (exact) mass is 371 g/mol. The Morgan fingerprint density at radius 1 is 0.821 bits per heavy atom. The average molecular weight is 371 g/mol.